The van der Waals surface area contributed by atoms with Gasteiger partial charge in [-0.05, 0) is 71.6 Å². The number of nitrogens with zero attached hydrogens (tertiary/aromatic N) is 1. The van der Waals surface area contributed by atoms with E-state index in [1.807, 2.05) is 12.1 Å². The van der Waals surface area contributed by atoms with Crippen LogP contribution in [0.5, 0.6) is 0 Å². The first-order chi connectivity index (χ1) is 20.2. The topological polar surface area (TPSA) is 16.4 Å². The third-order valence-electron chi connectivity index (χ3n) is 7.68. The van der Waals surface area contributed by atoms with Crippen LogP contribution < -0.4 is 4.90 Å². The van der Waals surface area contributed by atoms with Gasteiger partial charge in [0.2, 0.25) is 0 Å². The van der Waals surface area contributed by atoms with E-state index < -0.39 is 0 Å². The number of hydrogen-bond acceptors (Lipinski definition) is 2. The van der Waals surface area contributed by atoms with Gasteiger partial charge in [-0.15, -0.1) is 0 Å². The molecule has 196 valence electrons. The van der Waals surface area contributed by atoms with Gasteiger partial charge in [0.15, 0.2) is 0 Å². The van der Waals surface area contributed by atoms with Gasteiger partial charge in [0, 0.05) is 33.6 Å². The number of furan rings is 1. The fraction of sp³-hybridized carbons (Fsp3) is 0.0256. The number of rotatable bonds is 6. The normalized spacial score (nSPS) is 11.0. The molecule has 41 heavy (non-hydrogen) atoms. The molecular weight excluding hydrogens is 498 g/mol. The Kier molecular flexibility index (Phi) is 6.42. The van der Waals surface area contributed by atoms with E-state index in [2.05, 4.69) is 157 Å². The second kappa shape index (κ2) is 10.7. The first-order valence-electron chi connectivity index (χ1n) is 13.9. The molecule has 0 radical (unpaired) electrons. The average molecular weight is 528 g/mol. The smallest absolute Gasteiger partial charge is 0.138 e. The molecule has 0 N–H and O–H groups in total. The molecule has 0 aliphatic carbocycles. The molecule has 0 unspecified atom stereocenters. The SMILES string of the molecule is Cc1c(-c2cccc(N(c3ccc(-c4ccccc4)cc3)c3ccc(-c4ccccc4)cc3)c2)oc2ccccc12. The number of anilines is 3. The Morgan fingerprint density at radius 2 is 0.902 bits per heavy atom. The van der Waals surface area contributed by atoms with Crippen molar-refractivity contribution in [3.8, 4) is 33.6 Å². The molecule has 7 rings (SSSR count). The zero-order chi connectivity index (χ0) is 27.6. The van der Waals surface area contributed by atoms with Gasteiger partial charge < -0.3 is 9.32 Å². The predicted molar refractivity (Wildman–Crippen MR) is 172 cm³/mol. The van der Waals surface area contributed by atoms with E-state index in [-0.39, 0.29) is 0 Å². The molecule has 0 aliphatic rings. The lowest BCUT2D eigenvalue weighted by Crippen LogP contribution is -2.10. The molecule has 1 aromatic heterocycles. The summed E-state index contributed by atoms with van der Waals surface area (Å²) in [5.74, 6) is 0.909. The highest BCUT2D eigenvalue weighted by molar-refractivity contribution is 5.89. The molecule has 0 atom stereocenters. The van der Waals surface area contributed by atoms with Crippen LogP contribution in [0.2, 0.25) is 0 Å². The summed E-state index contributed by atoms with van der Waals surface area (Å²) in [6.45, 7) is 2.14. The fourth-order valence-electron chi connectivity index (χ4n) is 5.55. The Morgan fingerprint density at radius 1 is 0.415 bits per heavy atom. The van der Waals surface area contributed by atoms with Crippen LogP contribution >= 0.6 is 0 Å². The highest BCUT2D eigenvalue weighted by Gasteiger charge is 2.17. The van der Waals surface area contributed by atoms with Crippen molar-refractivity contribution >= 4 is 28.0 Å². The Balaban J connectivity index is 1.32. The quantitative estimate of drug-likeness (QED) is 0.214. The van der Waals surface area contributed by atoms with E-state index in [9.17, 15) is 0 Å². The molecule has 0 saturated carbocycles. The number of benzene rings is 6. The lowest BCUT2D eigenvalue weighted by molar-refractivity contribution is 0.629. The minimum Gasteiger partial charge on any atom is -0.456 e. The number of para-hydroxylation sites is 1. The second-order valence-electron chi connectivity index (χ2n) is 10.3. The van der Waals surface area contributed by atoms with Crippen LogP contribution in [0.1, 0.15) is 5.56 Å². The maximum absolute atomic E-state index is 6.34. The summed E-state index contributed by atoms with van der Waals surface area (Å²) in [5.41, 5.74) is 11.2. The van der Waals surface area contributed by atoms with E-state index in [0.717, 1.165) is 44.9 Å². The molecule has 0 bridgehead atoms. The monoisotopic (exact) mass is 527 g/mol. The minimum absolute atomic E-state index is 0.909. The first-order valence-corrected chi connectivity index (χ1v) is 13.9. The third-order valence-corrected chi connectivity index (χ3v) is 7.68. The molecule has 0 saturated heterocycles. The van der Waals surface area contributed by atoms with Crippen LogP contribution in [0.15, 0.2) is 162 Å². The zero-order valence-electron chi connectivity index (χ0n) is 22.9. The summed E-state index contributed by atoms with van der Waals surface area (Å²) >= 11 is 0. The van der Waals surface area contributed by atoms with Gasteiger partial charge in [-0.25, -0.2) is 0 Å². The molecule has 2 nitrogen and oxygen atoms in total. The van der Waals surface area contributed by atoms with Crippen molar-refractivity contribution in [2.45, 2.75) is 6.92 Å². The van der Waals surface area contributed by atoms with Crippen molar-refractivity contribution < 1.29 is 4.42 Å². The van der Waals surface area contributed by atoms with E-state index >= 15 is 0 Å². The van der Waals surface area contributed by atoms with E-state index in [4.69, 9.17) is 4.42 Å². The minimum atomic E-state index is 0.909. The standard InChI is InChI=1S/C39H29NO/c1-28-37-17-8-9-18-38(37)41-39(28)33-15-10-16-36(27-33)40(34-23-19-31(20-24-34)29-11-4-2-5-12-29)35-25-21-32(22-26-35)30-13-6-3-7-14-30/h2-27H,1H3. The van der Waals surface area contributed by atoms with Crippen molar-refractivity contribution in [1.29, 1.82) is 0 Å². The van der Waals surface area contributed by atoms with E-state index in [0.29, 0.717) is 0 Å². The molecule has 6 aromatic carbocycles. The summed E-state index contributed by atoms with van der Waals surface area (Å²) in [6, 6.07) is 55.5. The molecular formula is C39H29NO. The van der Waals surface area contributed by atoms with Gasteiger partial charge >= 0.3 is 0 Å². The summed E-state index contributed by atoms with van der Waals surface area (Å²) in [6.07, 6.45) is 0. The molecule has 1 heterocycles. The lowest BCUT2D eigenvalue weighted by atomic mass is 10.0. The van der Waals surface area contributed by atoms with Crippen LogP contribution in [0, 0.1) is 6.92 Å². The van der Waals surface area contributed by atoms with Gasteiger partial charge in [-0.1, -0.05) is 115 Å². The van der Waals surface area contributed by atoms with Crippen LogP contribution in [-0.2, 0) is 0 Å². The van der Waals surface area contributed by atoms with Crippen molar-refractivity contribution in [1.82, 2.24) is 0 Å². The van der Waals surface area contributed by atoms with Crippen LogP contribution in [0.3, 0.4) is 0 Å². The number of hydrogen-bond donors (Lipinski definition) is 0. The summed E-state index contributed by atoms with van der Waals surface area (Å²) in [4.78, 5) is 2.31. The summed E-state index contributed by atoms with van der Waals surface area (Å²) in [7, 11) is 0. The van der Waals surface area contributed by atoms with E-state index in [1.54, 1.807) is 0 Å². The molecule has 7 aromatic rings. The maximum atomic E-state index is 6.34. The van der Waals surface area contributed by atoms with Gasteiger partial charge in [0.25, 0.3) is 0 Å². The van der Waals surface area contributed by atoms with Crippen molar-refractivity contribution in [3.05, 3.63) is 163 Å². The first kappa shape index (κ1) is 24.7. The summed E-state index contributed by atoms with van der Waals surface area (Å²) in [5, 5.41) is 1.15. The predicted octanol–water partition coefficient (Wildman–Crippen LogP) is 11.2. The van der Waals surface area contributed by atoms with Gasteiger partial charge in [-0.3, -0.25) is 0 Å². The van der Waals surface area contributed by atoms with Crippen LogP contribution in [-0.4, -0.2) is 0 Å². The van der Waals surface area contributed by atoms with Gasteiger partial charge in [0.05, 0.1) is 0 Å². The maximum Gasteiger partial charge on any atom is 0.138 e. The number of fused-ring (bicyclic) bond motifs is 1. The molecule has 0 fully saturated rings. The van der Waals surface area contributed by atoms with Crippen molar-refractivity contribution in [2.24, 2.45) is 0 Å². The van der Waals surface area contributed by atoms with Gasteiger partial charge in [0.1, 0.15) is 11.3 Å². The number of aryl methyl sites for hydroxylation is 1. The molecule has 0 amide bonds. The summed E-state index contributed by atoms with van der Waals surface area (Å²) < 4.78 is 6.34. The second-order valence-corrected chi connectivity index (χ2v) is 10.3. The Labute approximate surface area is 240 Å². The molecule has 2 heteroatoms. The fourth-order valence-corrected chi connectivity index (χ4v) is 5.55. The van der Waals surface area contributed by atoms with Crippen LogP contribution in [0.25, 0.3) is 44.5 Å². The van der Waals surface area contributed by atoms with Crippen molar-refractivity contribution in [2.75, 3.05) is 4.90 Å². The highest BCUT2D eigenvalue weighted by Crippen LogP contribution is 2.40. The average Bonchev–Trinajstić information content (AvgIpc) is 3.39. The molecule has 0 aliphatic heterocycles. The third kappa shape index (κ3) is 4.81. The Morgan fingerprint density at radius 3 is 1.46 bits per heavy atom. The zero-order valence-corrected chi connectivity index (χ0v) is 22.9. The largest absolute Gasteiger partial charge is 0.456 e. The molecule has 0 spiro atoms. The van der Waals surface area contributed by atoms with E-state index in [1.165, 1.54) is 22.3 Å². The Bertz CT molecular complexity index is 1840. The highest BCUT2D eigenvalue weighted by atomic mass is 16.3. The van der Waals surface area contributed by atoms with Crippen molar-refractivity contribution in [3.63, 3.8) is 0 Å². The Hall–Kier alpha value is -5.34. The van der Waals surface area contributed by atoms with Gasteiger partial charge in [-0.2, -0.15) is 0 Å². The van der Waals surface area contributed by atoms with Crippen LogP contribution in [0.4, 0.5) is 17.1 Å². The lowest BCUT2D eigenvalue weighted by Gasteiger charge is -2.26.